The number of Topliss-reactive ketones (excluding diaryl/α,β-unsaturated/α-hetero) is 1. The van der Waals surface area contributed by atoms with E-state index in [1.54, 1.807) is 6.07 Å². The van der Waals surface area contributed by atoms with Crippen LogP contribution in [0.3, 0.4) is 0 Å². The molecule has 0 radical (unpaired) electrons. The maximum Gasteiger partial charge on any atom is 0.161 e. The van der Waals surface area contributed by atoms with Crippen LogP contribution >= 0.6 is 0 Å². The monoisotopic (exact) mass is 248 g/mol. The van der Waals surface area contributed by atoms with Crippen molar-refractivity contribution >= 4 is 17.2 Å². The van der Waals surface area contributed by atoms with Gasteiger partial charge in [0, 0.05) is 30.0 Å². The molecule has 2 rings (SSSR count). The van der Waals surface area contributed by atoms with Crippen LogP contribution in [0.2, 0.25) is 0 Å². The third-order valence-corrected chi connectivity index (χ3v) is 3.46. The van der Waals surface area contributed by atoms with Gasteiger partial charge in [-0.2, -0.15) is 0 Å². The summed E-state index contributed by atoms with van der Waals surface area (Å²) >= 11 is 0. The van der Waals surface area contributed by atoms with Gasteiger partial charge < -0.3 is 15.7 Å². The van der Waals surface area contributed by atoms with Gasteiger partial charge in [0.1, 0.15) is 0 Å². The molecule has 0 amide bonds. The van der Waals surface area contributed by atoms with E-state index in [2.05, 4.69) is 4.90 Å². The van der Waals surface area contributed by atoms with Gasteiger partial charge in [-0.3, -0.25) is 4.79 Å². The zero-order valence-corrected chi connectivity index (χ0v) is 10.9. The fourth-order valence-corrected chi connectivity index (χ4v) is 2.49. The van der Waals surface area contributed by atoms with E-state index in [9.17, 15) is 9.90 Å². The molecule has 4 heteroatoms. The minimum atomic E-state index is -0.657. The molecule has 1 heterocycles. The highest BCUT2D eigenvalue weighted by Gasteiger charge is 2.28. The second kappa shape index (κ2) is 4.61. The summed E-state index contributed by atoms with van der Waals surface area (Å²) in [6.45, 7) is 4.86. The van der Waals surface area contributed by atoms with Crippen LogP contribution in [0.25, 0.3) is 0 Å². The Kier molecular flexibility index (Phi) is 3.30. The van der Waals surface area contributed by atoms with Gasteiger partial charge >= 0.3 is 0 Å². The average Bonchev–Trinajstić information content (AvgIpc) is 2.27. The number of nitrogen functional groups attached to an aromatic ring is 1. The number of ketones is 1. The number of carbonyl (C=O) groups is 1. The van der Waals surface area contributed by atoms with Gasteiger partial charge in [-0.1, -0.05) is 0 Å². The largest absolute Gasteiger partial charge is 0.398 e. The molecule has 4 nitrogen and oxygen atoms in total. The lowest BCUT2D eigenvalue weighted by atomic mass is 9.94. The van der Waals surface area contributed by atoms with E-state index >= 15 is 0 Å². The number of carbonyl (C=O) groups excluding carboxylic acids is 1. The Labute approximate surface area is 107 Å². The number of rotatable bonds is 2. The summed E-state index contributed by atoms with van der Waals surface area (Å²) in [5.74, 6) is -0.0295. The number of hydrogen-bond donors (Lipinski definition) is 2. The van der Waals surface area contributed by atoms with Crippen LogP contribution < -0.4 is 10.6 Å². The molecule has 1 saturated heterocycles. The second-order valence-electron chi connectivity index (χ2n) is 5.35. The van der Waals surface area contributed by atoms with Gasteiger partial charge in [0.15, 0.2) is 5.78 Å². The number of piperidine rings is 1. The van der Waals surface area contributed by atoms with Gasteiger partial charge in [-0.25, -0.2) is 0 Å². The van der Waals surface area contributed by atoms with E-state index in [0.29, 0.717) is 17.8 Å². The first kappa shape index (κ1) is 12.9. The fourth-order valence-electron chi connectivity index (χ4n) is 2.49. The molecule has 1 fully saturated rings. The highest BCUT2D eigenvalue weighted by molar-refractivity contribution is 6.00. The molecule has 1 aliphatic heterocycles. The highest BCUT2D eigenvalue weighted by Crippen LogP contribution is 2.28. The molecule has 1 aromatic carbocycles. The normalized spacial score (nSPS) is 24.1. The van der Waals surface area contributed by atoms with Crippen molar-refractivity contribution in [3.8, 4) is 0 Å². The average molecular weight is 248 g/mol. The van der Waals surface area contributed by atoms with Gasteiger partial charge in [-0.05, 0) is 44.9 Å². The molecule has 18 heavy (non-hydrogen) atoms. The predicted molar refractivity (Wildman–Crippen MR) is 72.9 cm³/mol. The van der Waals surface area contributed by atoms with Crippen molar-refractivity contribution in [2.24, 2.45) is 0 Å². The summed E-state index contributed by atoms with van der Waals surface area (Å²) in [6.07, 6.45) is 1.77. The van der Waals surface area contributed by atoms with Crippen LogP contribution in [-0.4, -0.2) is 29.6 Å². The van der Waals surface area contributed by atoms with Crippen molar-refractivity contribution in [3.05, 3.63) is 23.8 Å². The summed E-state index contributed by atoms with van der Waals surface area (Å²) in [6, 6.07) is 5.48. The number of nitrogens with zero attached hydrogens (tertiary/aromatic N) is 1. The standard InChI is InChI=1S/C14H20N2O2/c1-10(17)12-8-11(4-5-13(12)15)16-7-3-6-14(2,18)9-16/h4-5,8,18H,3,6-7,9,15H2,1-2H3. The lowest BCUT2D eigenvalue weighted by Crippen LogP contribution is -2.46. The molecule has 3 N–H and O–H groups in total. The van der Waals surface area contributed by atoms with Gasteiger partial charge in [0.2, 0.25) is 0 Å². The Morgan fingerprint density at radius 3 is 2.83 bits per heavy atom. The maximum absolute atomic E-state index is 11.5. The molecule has 0 aliphatic carbocycles. The lowest BCUT2D eigenvalue weighted by Gasteiger charge is -2.38. The SMILES string of the molecule is CC(=O)c1cc(N2CCCC(C)(O)C2)ccc1N. The van der Waals surface area contributed by atoms with Crippen molar-refractivity contribution in [2.75, 3.05) is 23.7 Å². The van der Waals surface area contributed by atoms with Crippen LogP contribution in [-0.2, 0) is 0 Å². The third kappa shape index (κ3) is 2.64. The van der Waals surface area contributed by atoms with E-state index in [-0.39, 0.29) is 5.78 Å². The summed E-state index contributed by atoms with van der Waals surface area (Å²) in [5.41, 5.74) is 7.14. The molecule has 0 spiro atoms. The van der Waals surface area contributed by atoms with Crippen molar-refractivity contribution in [3.63, 3.8) is 0 Å². The topological polar surface area (TPSA) is 66.6 Å². The quantitative estimate of drug-likeness (QED) is 0.619. The van der Waals surface area contributed by atoms with E-state index in [1.165, 1.54) is 6.92 Å². The molecule has 0 aromatic heterocycles. The van der Waals surface area contributed by atoms with Crippen LogP contribution in [0.5, 0.6) is 0 Å². The van der Waals surface area contributed by atoms with E-state index in [4.69, 9.17) is 5.73 Å². The van der Waals surface area contributed by atoms with E-state index in [0.717, 1.165) is 25.1 Å². The van der Waals surface area contributed by atoms with Gasteiger partial charge in [-0.15, -0.1) is 0 Å². The van der Waals surface area contributed by atoms with Crippen LogP contribution in [0.15, 0.2) is 18.2 Å². The number of hydrogen-bond acceptors (Lipinski definition) is 4. The van der Waals surface area contributed by atoms with Crippen LogP contribution in [0, 0.1) is 0 Å². The molecule has 98 valence electrons. The molecule has 0 bridgehead atoms. The lowest BCUT2D eigenvalue weighted by molar-refractivity contribution is 0.0449. The Balaban J connectivity index is 2.28. The minimum absolute atomic E-state index is 0.0295. The number of aliphatic hydroxyl groups is 1. The van der Waals surface area contributed by atoms with E-state index < -0.39 is 5.60 Å². The number of nitrogens with two attached hydrogens (primary N) is 1. The van der Waals surface area contributed by atoms with Crippen molar-refractivity contribution in [1.82, 2.24) is 0 Å². The molecule has 1 unspecified atom stereocenters. The molecule has 1 aliphatic rings. The molecule has 1 aromatic rings. The highest BCUT2D eigenvalue weighted by atomic mass is 16.3. The Morgan fingerprint density at radius 2 is 2.22 bits per heavy atom. The van der Waals surface area contributed by atoms with E-state index in [1.807, 2.05) is 19.1 Å². The first-order chi connectivity index (χ1) is 8.39. The summed E-state index contributed by atoms with van der Waals surface area (Å²) < 4.78 is 0. The van der Waals surface area contributed by atoms with Gasteiger partial charge in [0.05, 0.1) is 5.60 Å². The zero-order chi connectivity index (χ0) is 13.3. The smallest absolute Gasteiger partial charge is 0.161 e. The second-order valence-corrected chi connectivity index (χ2v) is 5.35. The first-order valence-electron chi connectivity index (χ1n) is 6.27. The Bertz CT molecular complexity index is 469. The summed E-state index contributed by atoms with van der Waals surface area (Å²) in [7, 11) is 0. The predicted octanol–water partition coefficient (Wildman–Crippen LogP) is 1.82. The van der Waals surface area contributed by atoms with Crippen molar-refractivity contribution in [2.45, 2.75) is 32.3 Å². The molecular weight excluding hydrogens is 228 g/mol. The zero-order valence-electron chi connectivity index (χ0n) is 10.9. The fraction of sp³-hybridized carbons (Fsp3) is 0.500. The first-order valence-corrected chi connectivity index (χ1v) is 6.27. The van der Waals surface area contributed by atoms with Crippen LogP contribution in [0.1, 0.15) is 37.0 Å². The van der Waals surface area contributed by atoms with Gasteiger partial charge in [0.25, 0.3) is 0 Å². The minimum Gasteiger partial charge on any atom is -0.398 e. The number of benzene rings is 1. The third-order valence-electron chi connectivity index (χ3n) is 3.46. The Morgan fingerprint density at radius 1 is 1.50 bits per heavy atom. The molecule has 0 saturated carbocycles. The molecule has 1 atom stereocenters. The maximum atomic E-state index is 11.5. The van der Waals surface area contributed by atoms with Crippen molar-refractivity contribution in [1.29, 1.82) is 0 Å². The summed E-state index contributed by atoms with van der Waals surface area (Å²) in [5, 5.41) is 10.1. The Hall–Kier alpha value is -1.55. The molecular formula is C14H20N2O2. The number of anilines is 2. The van der Waals surface area contributed by atoms with Crippen molar-refractivity contribution < 1.29 is 9.90 Å². The number of β-amino-alcohol motifs (C(OH)–C–C–N with tert-alkyl or cyclic N) is 1. The van der Waals surface area contributed by atoms with Crippen LogP contribution in [0.4, 0.5) is 11.4 Å². The summed E-state index contributed by atoms with van der Waals surface area (Å²) in [4.78, 5) is 13.6.